The van der Waals surface area contributed by atoms with E-state index in [0.29, 0.717) is 10.3 Å². The Balaban J connectivity index is 1.43. The number of hydrogen-bond donors (Lipinski definition) is 1. The predicted octanol–water partition coefficient (Wildman–Crippen LogP) is 3.88. The molecule has 1 aliphatic rings. The molecule has 2 heterocycles. The summed E-state index contributed by atoms with van der Waals surface area (Å²) in [6.07, 6.45) is 11.3. The summed E-state index contributed by atoms with van der Waals surface area (Å²) in [4.78, 5) is 9.34. The van der Waals surface area contributed by atoms with Crippen molar-refractivity contribution in [1.29, 1.82) is 0 Å². The van der Waals surface area contributed by atoms with Gasteiger partial charge in [-0.15, -0.1) is 0 Å². The van der Waals surface area contributed by atoms with Gasteiger partial charge in [-0.3, -0.25) is 9.88 Å². The van der Waals surface area contributed by atoms with E-state index in [1.807, 2.05) is 13.0 Å². The minimum Gasteiger partial charge on any atom is -0.301 e. The molecule has 1 saturated heterocycles. The van der Waals surface area contributed by atoms with Crippen molar-refractivity contribution in [3.63, 3.8) is 0 Å². The topological polar surface area (TPSA) is 65.5 Å². The number of benzene rings is 1. The van der Waals surface area contributed by atoms with Crippen molar-refractivity contribution in [2.45, 2.75) is 63.3 Å². The van der Waals surface area contributed by atoms with Crippen LogP contribution < -0.4 is 4.72 Å². The van der Waals surface area contributed by atoms with E-state index in [9.17, 15) is 8.42 Å². The molecular weight excluding hydrogens is 408 g/mol. The van der Waals surface area contributed by atoms with Crippen LogP contribution in [-0.2, 0) is 10.0 Å². The summed E-state index contributed by atoms with van der Waals surface area (Å²) in [7, 11) is -3.58. The Labute approximate surface area is 188 Å². The Morgan fingerprint density at radius 2 is 1.71 bits per heavy atom. The summed E-state index contributed by atoms with van der Waals surface area (Å²) in [6, 6.07) is 6.94. The van der Waals surface area contributed by atoms with Crippen LogP contribution in [0.3, 0.4) is 0 Å². The van der Waals surface area contributed by atoms with Crippen LogP contribution in [0.1, 0.15) is 52.4 Å². The maximum Gasteiger partial charge on any atom is 0.241 e. The standard InChI is InChI=1S/C24H38N4O2S/c1-3-4-5-6-7-8-14-27-15-17-28(18-16-27)20-21(2)26-31(29,30)24-11-9-10-22-19-25-13-12-23(22)24/h9-13,19,21,26H,3-8,14-18,20H2,1-2H3/t21-/m1/s1. The highest BCUT2D eigenvalue weighted by Crippen LogP contribution is 2.22. The highest BCUT2D eigenvalue weighted by Gasteiger charge is 2.23. The summed E-state index contributed by atoms with van der Waals surface area (Å²) in [6.45, 7) is 10.3. The second-order valence-corrected chi connectivity index (χ2v) is 10.5. The molecule has 0 radical (unpaired) electrons. The number of nitrogens with zero attached hydrogens (tertiary/aromatic N) is 3. The zero-order valence-corrected chi connectivity index (χ0v) is 19.9. The monoisotopic (exact) mass is 446 g/mol. The van der Waals surface area contributed by atoms with Gasteiger partial charge in [-0.2, -0.15) is 0 Å². The number of sulfonamides is 1. The zero-order chi connectivity index (χ0) is 22.1. The fraction of sp³-hybridized carbons (Fsp3) is 0.625. The highest BCUT2D eigenvalue weighted by molar-refractivity contribution is 7.89. The second kappa shape index (κ2) is 11.9. The fourth-order valence-electron chi connectivity index (χ4n) is 4.39. The normalized spacial score (nSPS) is 17.2. The van der Waals surface area contributed by atoms with Crippen molar-refractivity contribution in [3.8, 4) is 0 Å². The van der Waals surface area contributed by atoms with Crippen LogP contribution in [0, 0.1) is 0 Å². The molecule has 0 unspecified atom stereocenters. The summed E-state index contributed by atoms with van der Waals surface area (Å²) in [5, 5.41) is 1.54. The van der Waals surface area contributed by atoms with Gasteiger partial charge >= 0.3 is 0 Å². The number of aromatic nitrogens is 1. The molecule has 1 atom stereocenters. The van der Waals surface area contributed by atoms with Crippen molar-refractivity contribution >= 4 is 20.8 Å². The van der Waals surface area contributed by atoms with Crippen LogP contribution in [-0.4, -0.2) is 68.5 Å². The number of piperazine rings is 1. The number of pyridine rings is 1. The second-order valence-electron chi connectivity index (χ2n) is 8.79. The molecule has 6 nitrogen and oxygen atoms in total. The first-order valence-corrected chi connectivity index (χ1v) is 13.3. The van der Waals surface area contributed by atoms with Gasteiger partial charge in [0.25, 0.3) is 0 Å². The molecule has 0 amide bonds. The van der Waals surface area contributed by atoms with E-state index in [2.05, 4.69) is 26.4 Å². The van der Waals surface area contributed by atoms with E-state index in [1.54, 1.807) is 30.6 Å². The highest BCUT2D eigenvalue weighted by atomic mass is 32.2. The van der Waals surface area contributed by atoms with E-state index in [0.717, 1.165) is 38.1 Å². The first-order chi connectivity index (χ1) is 15.0. The third-order valence-corrected chi connectivity index (χ3v) is 7.76. The van der Waals surface area contributed by atoms with Gasteiger partial charge in [0.05, 0.1) is 4.90 Å². The van der Waals surface area contributed by atoms with Crippen LogP contribution in [0.5, 0.6) is 0 Å². The minimum atomic E-state index is -3.58. The summed E-state index contributed by atoms with van der Waals surface area (Å²) >= 11 is 0. The molecule has 1 aliphatic heterocycles. The van der Waals surface area contributed by atoms with Crippen LogP contribution in [0.4, 0.5) is 0 Å². The van der Waals surface area contributed by atoms with Crippen molar-refractivity contribution < 1.29 is 8.42 Å². The van der Waals surface area contributed by atoms with Gasteiger partial charge in [0.2, 0.25) is 10.0 Å². The Kier molecular flexibility index (Phi) is 9.26. The molecule has 1 fully saturated rings. The van der Waals surface area contributed by atoms with E-state index in [1.165, 1.54) is 45.1 Å². The predicted molar refractivity (Wildman–Crippen MR) is 128 cm³/mol. The molecule has 2 aromatic rings. The fourth-order valence-corrected chi connectivity index (χ4v) is 5.86. The number of nitrogens with one attached hydrogen (secondary N) is 1. The van der Waals surface area contributed by atoms with Crippen LogP contribution >= 0.6 is 0 Å². The number of hydrogen-bond acceptors (Lipinski definition) is 5. The molecule has 7 heteroatoms. The third kappa shape index (κ3) is 7.24. The average Bonchev–Trinajstić information content (AvgIpc) is 2.76. The molecule has 3 rings (SSSR count). The summed E-state index contributed by atoms with van der Waals surface area (Å²) in [5.74, 6) is 0. The van der Waals surface area contributed by atoms with Gasteiger partial charge in [0.15, 0.2) is 0 Å². The lowest BCUT2D eigenvalue weighted by molar-refractivity contribution is 0.125. The molecule has 31 heavy (non-hydrogen) atoms. The summed E-state index contributed by atoms with van der Waals surface area (Å²) in [5.41, 5.74) is 0. The molecule has 0 spiro atoms. The molecule has 172 valence electrons. The summed E-state index contributed by atoms with van der Waals surface area (Å²) < 4.78 is 28.9. The minimum absolute atomic E-state index is 0.146. The Hall–Kier alpha value is -1.54. The van der Waals surface area contributed by atoms with Crippen molar-refractivity contribution in [2.24, 2.45) is 0 Å². The maximum atomic E-state index is 13.0. The number of rotatable bonds is 12. The smallest absolute Gasteiger partial charge is 0.241 e. The third-order valence-electron chi connectivity index (χ3n) is 6.11. The van der Waals surface area contributed by atoms with Gasteiger partial charge in [0.1, 0.15) is 0 Å². The lowest BCUT2D eigenvalue weighted by atomic mass is 10.1. The van der Waals surface area contributed by atoms with E-state index in [4.69, 9.17) is 0 Å². The number of fused-ring (bicyclic) bond motifs is 1. The Morgan fingerprint density at radius 3 is 2.48 bits per heavy atom. The van der Waals surface area contributed by atoms with Gasteiger partial charge < -0.3 is 4.90 Å². The van der Waals surface area contributed by atoms with Gasteiger partial charge in [-0.1, -0.05) is 51.2 Å². The zero-order valence-electron chi connectivity index (χ0n) is 19.1. The van der Waals surface area contributed by atoms with Crippen LogP contribution in [0.25, 0.3) is 10.8 Å². The molecule has 0 saturated carbocycles. The van der Waals surface area contributed by atoms with Crippen molar-refractivity contribution in [3.05, 3.63) is 36.7 Å². The van der Waals surface area contributed by atoms with E-state index >= 15 is 0 Å². The number of unbranched alkanes of at least 4 members (excludes halogenated alkanes) is 5. The van der Waals surface area contributed by atoms with Gasteiger partial charge in [0, 0.05) is 61.9 Å². The van der Waals surface area contributed by atoms with Crippen molar-refractivity contribution in [1.82, 2.24) is 19.5 Å². The first-order valence-electron chi connectivity index (χ1n) is 11.8. The van der Waals surface area contributed by atoms with Crippen LogP contribution in [0.15, 0.2) is 41.6 Å². The van der Waals surface area contributed by atoms with Gasteiger partial charge in [-0.05, 0) is 32.0 Å². The quantitative estimate of drug-likeness (QED) is 0.501. The molecule has 1 aromatic heterocycles. The van der Waals surface area contributed by atoms with Crippen molar-refractivity contribution in [2.75, 3.05) is 39.3 Å². The SMILES string of the molecule is CCCCCCCCN1CCN(C[C@@H](C)NS(=O)(=O)c2cccc3cnccc23)CC1. The first kappa shape index (κ1) is 24.1. The Bertz CT molecular complexity index is 905. The van der Waals surface area contributed by atoms with Gasteiger partial charge in [-0.25, -0.2) is 13.1 Å². The average molecular weight is 447 g/mol. The van der Waals surface area contributed by atoms with E-state index < -0.39 is 10.0 Å². The lowest BCUT2D eigenvalue weighted by Gasteiger charge is -2.36. The van der Waals surface area contributed by atoms with Crippen LogP contribution in [0.2, 0.25) is 0 Å². The lowest BCUT2D eigenvalue weighted by Crippen LogP contribution is -2.50. The molecule has 0 bridgehead atoms. The molecule has 0 aliphatic carbocycles. The Morgan fingerprint density at radius 1 is 1.00 bits per heavy atom. The maximum absolute atomic E-state index is 13.0. The molecular formula is C24H38N4O2S. The molecule has 1 N–H and O–H groups in total. The molecule has 1 aromatic carbocycles. The van der Waals surface area contributed by atoms with E-state index in [-0.39, 0.29) is 6.04 Å². The largest absolute Gasteiger partial charge is 0.301 e.